The van der Waals surface area contributed by atoms with Crippen LogP contribution in [0, 0.1) is 0 Å². The number of rotatable bonds is 4. The van der Waals surface area contributed by atoms with E-state index in [1.807, 2.05) is 6.08 Å². The molecular weight excluding hydrogens is 282 g/mol. The van der Waals surface area contributed by atoms with Crippen LogP contribution in [0.25, 0.3) is 0 Å². The van der Waals surface area contributed by atoms with Crippen molar-refractivity contribution < 1.29 is 14.5 Å². The molecule has 3 aliphatic heterocycles. The number of amides is 1. The van der Waals surface area contributed by atoms with E-state index in [-0.39, 0.29) is 11.9 Å². The summed E-state index contributed by atoms with van der Waals surface area (Å²) in [6.07, 6.45) is 6.99. The maximum atomic E-state index is 12.3. The largest absolute Gasteiger partial charge is 0.354 e. The molecule has 4 rings (SSSR count). The molecule has 116 valence electrons. The standard InChI is InChI=1S/C16H19N3O3/c20-16(18-15-10-12-4-7-14(15)17-12)11-2-5-13(6-3-11)22-19-8-1-9-21-19/h1-3,5-6,8,12,14-15,17H,4,7,9-10H2,(H,18,20)/t12-,14+,15-/m1/s1. The number of benzene rings is 1. The van der Waals surface area contributed by atoms with Crippen LogP contribution in [-0.2, 0) is 4.84 Å². The zero-order valence-corrected chi connectivity index (χ0v) is 12.2. The monoisotopic (exact) mass is 301 g/mol. The molecule has 2 bridgehead atoms. The predicted molar refractivity (Wildman–Crippen MR) is 79.8 cm³/mol. The Kier molecular flexibility index (Phi) is 3.48. The summed E-state index contributed by atoms with van der Waals surface area (Å²) in [6, 6.07) is 8.35. The van der Waals surface area contributed by atoms with Crippen LogP contribution in [0.5, 0.6) is 5.75 Å². The first-order chi connectivity index (χ1) is 10.8. The van der Waals surface area contributed by atoms with E-state index in [9.17, 15) is 4.79 Å². The zero-order valence-electron chi connectivity index (χ0n) is 12.2. The van der Waals surface area contributed by atoms with Crippen LogP contribution in [0.1, 0.15) is 29.6 Å². The van der Waals surface area contributed by atoms with Gasteiger partial charge >= 0.3 is 0 Å². The Morgan fingerprint density at radius 3 is 2.82 bits per heavy atom. The molecule has 2 saturated heterocycles. The third kappa shape index (κ3) is 2.67. The van der Waals surface area contributed by atoms with Crippen molar-refractivity contribution in [2.45, 2.75) is 37.4 Å². The Morgan fingerprint density at radius 1 is 1.32 bits per heavy atom. The molecule has 6 nitrogen and oxygen atoms in total. The van der Waals surface area contributed by atoms with Crippen molar-refractivity contribution in [1.82, 2.24) is 15.9 Å². The van der Waals surface area contributed by atoms with Crippen molar-refractivity contribution in [3.05, 3.63) is 42.1 Å². The summed E-state index contributed by atoms with van der Waals surface area (Å²) in [4.78, 5) is 22.9. The van der Waals surface area contributed by atoms with Crippen molar-refractivity contribution in [1.29, 1.82) is 0 Å². The van der Waals surface area contributed by atoms with Gasteiger partial charge in [-0.3, -0.25) is 4.79 Å². The second kappa shape index (κ2) is 5.62. The van der Waals surface area contributed by atoms with Gasteiger partial charge in [-0.15, -0.1) is 0 Å². The van der Waals surface area contributed by atoms with Gasteiger partial charge in [0.1, 0.15) is 0 Å². The van der Waals surface area contributed by atoms with Gasteiger partial charge in [-0.2, -0.15) is 0 Å². The molecule has 1 aromatic rings. The summed E-state index contributed by atoms with van der Waals surface area (Å²) in [7, 11) is 0. The van der Waals surface area contributed by atoms with Gasteiger partial charge in [0, 0.05) is 23.7 Å². The maximum Gasteiger partial charge on any atom is 0.251 e. The minimum Gasteiger partial charge on any atom is -0.354 e. The highest BCUT2D eigenvalue weighted by Crippen LogP contribution is 2.28. The summed E-state index contributed by atoms with van der Waals surface area (Å²) in [5.74, 6) is 0.605. The van der Waals surface area contributed by atoms with Crippen molar-refractivity contribution in [3.8, 4) is 5.75 Å². The average molecular weight is 301 g/mol. The molecule has 3 atom stereocenters. The van der Waals surface area contributed by atoms with Crippen molar-refractivity contribution in [2.24, 2.45) is 0 Å². The summed E-state index contributed by atoms with van der Waals surface area (Å²) in [5.41, 5.74) is 0.646. The number of nitrogens with one attached hydrogen (secondary N) is 2. The van der Waals surface area contributed by atoms with Gasteiger partial charge in [-0.25, -0.2) is 4.84 Å². The average Bonchev–Trinajstić information content (AvgIpc) is 3.25. The fraction of sp³-hybridized carbons (Fsp3) is 0.438. The van der Waals surface area contributed by atoms with Crippen LogP contribution in [0.15, 0.2) is 36.5 Å². The minimum absolute atomic E-state index is 0.0248. The number of nitrogens with zero attached hydrogens (tertiary/aromatic N) is 1. The molecule has 22 heavy (non-hydrogen) atoms. The quantitative estimate of drug-likeness (QED) is 0.879. The summed E-state index contributed by atoms with van der Waals surface area (Å²) < 4.78 is 0. The van der Waals surface area contributed by atoms with Crippen LogP contribution >= 0.6 is 0 Å². The van der Waals surface area contributed by atoms with E-state index in [4.69, 9.17) is 9.68 Å². The second-order valence-corrected chi connectivity index (χ2v) is 5.94. The van der Waals surface area contributed by atoms with E-state index in [1.165, 1.54) is 11.6 Å². The molecule has 0 aromatic heterocycles. The Bertz CT molecular complexity index is 587. The van der Waals surface area contributed by atoms with Crippen LogP contribution in [-0.4, -0.2) is 35.9 Å². The lowest BCUT2D eigenvalue weighted by Crippen LogP contribution is -2.42. The maximum absolute atomic E-state index is 12.3. The highest BCUT2D eigenvalue weighted by Gasteiger charge is 2.39. The SMILES string of the molecule is O=C(N[C@@H]1C[C@H]2CC[C@@H]1N2)c1ccc(ON2C=CCO2)cc1. The highest BCUT2D eigenvalue weighted by molar-refractivity contribution is 5.94. The van der Waals surface area contributed by atoms with Gasteiger partial charge in [0.2, 0.25) is 0 Å². The van der Waals surface area contributed by atoms with E-state index in [2.05, 4.69) is 10.6 Å². The lowest BCUT2D eigenvalue weighted by Gasteiger charge is -2.21. The van der Waals surface area contributed by atoms with E-state index < -0.39 is 0 Å². The van der Waals surface area contributed by atoms with Crippen molar-refractivity contribution >= 4 is 5.91 Å². The predicted octanol–water partition coefficient (Wildman–Crippen LogP) is 1.36. The van der Waals surface area contributed by atoms with Gasteiger partial charge in [-0.1, -0.05) is 5.23 Å². The van der Waals surface area contributed by atoms with Gasteiger partial charge in [0.15, 0.2) is 5.75 Å². The first-order valence-electron chi connectivity index (χ1n) is 7.72. The smallest absolute Gasteiger partial charge is 0.251 e. The molecule has 1 amide bonds. The number of fused-ring (bicyclic) bond motifs is 2. The topological polar surface area (TPSA) is 62.8 Å². The highest BCUT2D eigenvalue weighted by atomic mass is 17.0. The molecule has 3 aliphatic rings. The van der Waals surface area contributed by atoms with E-state index >= 15 is 0 Å². The second-order valence-electron chi connectivity index (χ2n) is 5.94. The first-order valence-corrected chi connectivity index (χ1v) is 7.72. The molecule has 0 unspecified atom stereocenters. The molecule has 6 heteroatoms. The third-order valence-electron chi connectivity index (χ3n) is 4.45. The fourth-order valence-electron chi connectivity index (χ4n) is 3.35. The fourth-order valence-corrected chi connectivity index (χ4v) is 3.35. The molecule has 2 fully saturated rings. The molecule has 2 N–H and O–H groups in total. The van der Waals surface area contributed by atoms with Crippen LogP contribution < -0.4 is 15.5 Å². The number of carbonyl (C=O) groups is 1. The Morgan fingerprint density at radius 2 is 2.18 bits per heavy atom. The van der Waals surface area contributed by atoms with Crippen molar-refractivity contribution in [3.63, 3.8) is 0 Å². The number of hydrogen-bond acceptors (Lipinski definition) is 5. The van der Waals surface area contributed by atoms with Crippen molar-refractivity contribution in [2.75, 3.05) is 6.61 Å². The van der Waals surface area contributed by atoms with E-state index in [0.717, 1.165) is 12.8 Å². The number of hydrogen-bond donors (Lipinski definition) is 2. The van der Waals surface area contributed by atoms with E-state index in [0.29, 0.717) is 30.0 Å². The molecular formula is C16H19N3O3. The molecule has 0 radical (unpaired) electrons. The lowest BCUT2D eigenvalue weighted by atomic mass is 9.95. The van der Waals surface area contributed by atoms with Crippen LogP contribution in [0.2, 0.25) is 0 Å². The summed E-state index contributed by atoms with van der Waals surface area (Å²) in [6.45, 7) is 0.512. The minimum atomic E-state index is -0.0248. The lowest BCUT2D eigenvalue weighted by molar-refractivity contribution is -0.263. The number of carbonyl (C=O) groups excluding carboxylic acids is 1. The van der Waals surface area contributed by atoms with E-state index in [1.54, 1.807) is 30.5 Å². The molecule has 0 spiro atoms. The molecule has 0 aliphatic carbocycles. The Balaban J connectivity index is 1.35. The van der Waals surface area contributed by atoms with Crippen LogP contribution in [0.4, 0.5) is 0 Å². The Labute approximate surface area is 129 Å². The summed E-state index contributed by atoms with van der Waals surface area (Å²) in [5, 5.41) is 7.96. The van der Waals surface area contributed by atoms with Gasteiger partial charge in [-0.05, 0) is 49.6 Å². The normalized spacial score (nSPS) is 29.1. The Hall–Kier alpha value is -2.05. The van der Waals surface area contributed by atoms with Gasteiger partial charge < -0.3 is 15.5 Å². The number of hydroxylamine groups is 2. The molecule has 1 aromatic carbocycles. The zero-order chi connectivity index (χ0) is 14.9. The first kappa shape index (κ1) is 13.6. The molecule has 3 heterocycles. The summed E-state index contributed by atoms with van der Waals surface area (Å²) >= 11 is 0. The van der Waals surface area contributed by atoms with Gasteiger partial charge in [0.25, 0.3) is 5.91 Å². The van der Waals surface area contributed by atoms with Gasteiger partial charge in [0.05, 0.1) is 12.8 Å². The third-order valence-corrected chi connectivity index (χ3v) is 4.45. The molecule has 0 saturated carbocycles. The van der Waals surface area contributed by atoms with Crippen LogP contribution in [0.3, 0.4) is 0 Å².